The Hall–Kier alpha value is -1.11. The molecule has 0 radical (unpaired) electrons. The number of carbonyl (C=O) groups is 2. The van der Waals surface area contributed by atoms with Gasteiger partial charge >= 0.3 is 11.9 Å². The molecule has 0 fully saturated rings. The number of hydrogen-bond donors (Lipinski definition) is 3. The normalized spacial score (nSPS) is 11.3. The summed E-state index contributed by atoms with van der Waals surface area (Å²) in [4.78, 5) is 20.4. The Morgan fingerprint density at radius 2 is 1.24 bits per heavy atom. The van der Waals surface area contributed by atoms with Crippen molar-refractivity contribution in [3.05, 3.63) is 0 Å². The Kier molecular flexibility index (Phi) is 7.53. The van der Waals surface area contributed by atoms with Gasteiger partial charge in [-0.1, -0.05) is 0 Å². The van der Waals surface area contributed by atoms with E-state index >= 15 is 0 Å². The lowest BCUT2D eigenvalue weighted by Crippen LogP contribution is -2.10. The molecule has 0 atom stereocenters. The molecule has 0 aliphatic carbocycles. The van der Waals surface area contributed by atoms with E-state index in [1.54, 1.807) is 0 Å². The summed E-state index contributed by atoms with van der Waals surface area (Å²) in [6, 6.07) is 0. The van der Waals surface area contributed by atoms with Crippen LogP contribution in [0.4, 0.5) is 0 Å². The molecule has 0 spiro atoms. The number of aliphatic carboxylic acids is 2. The van der Waals surface area contributed by atoms with E-state index in [1.807, 2.05) is 0 Å². The standard InChI is InChI=1S/C10H19NO5S/c11-17(16,7-3-1-5-9(12)13)8-4-2-6-10(14)15/h11H,1-8H2,(H,12,13)(H,14,15). The smallest absolute Gasteiger partial charge is 0.303 e. The summed E-state index contributed by atoms with van der Waals surface area (Å²) in [6.07, 6.45) is 1.87. The lowest BCUT2D eigenvalue weighted by Gasteiger charge is -2.06. The first-order valence-corrected chi connectivity index (χ1v) is 7.41. The van der Waals surface area contributed by atoms with Gasteiger partial charge in [0.1, 0.15) is 0 Å². The molecule has 0 aliphatic heterocycles. The van der Waals surface area contributed by atoms with E-state index in [-0.39, 0.29) is 24.3 Å². The molecule has 0 heterocycles. The number of rotatable bonds is 10. The molecule has 3 N–H and O–H groups in total. The van der Waals surface area contributed by atoms with Crippen molar-refractivity contribution >= 4 is 21.7 Å². The topological polar surface area (TPSA) is 116 Å². The van der Waals surface area contributed by atoms with Crippen molar-refractivity contribution in [2.75, 3.05) is 11.5 Å². The van der Waals surface area contributed by atoms with Crippen molar-refractivity contribution in [1.82, 2.24) is 0 Å². The SMILES string of the molecule is N=S(=O)(CCCCC(=O)O)CCCCC(=O)O. The Bertz CT molecular complexity index is 322. The van der Waals surface area contributed by atoms with Crippen LogP contribution in [-0.2, 0) is 19.3 Å². The number of unbranched alkanes of at least 4 members (excludes halogenated alkanes) is 2. The van der Waals surface area contributed by atoms with Gasteiger partial charge in [0.25, 0.3) is 0 Å². The average Bonchev–Trinajstić information content (AvgIpc) is 2.19. The van der Waals surface area contributed by atoms with Crippen molar-refractivity contribution in [2.45, 2.75) is 38.5 Å². The van der Waals surface area contributed by atoms with Crippen LogP contribution in [0.3, 0.4) is 0 Å². The third-order valence-corrected chi connectivity index (χ3v) is 4.13. The van der Waals surface area contributed by atoms with Crippen LogP contribution >= 0.6 is 0 Å². The van der Waals surface area contributed by atoms with Gasteiger partial charge in [0, 0.05) is 34.1 Å². The molecule has 0 aromatic rings. The van der Waals surface area contributed by atoms with Crippen LogP contribution in [0, 0.1) is 4.78 Å². The van der Waals surface area contributed by atoms with Crippen molar-refractivity contribution in [2.24, 2.45) is 0 Å². The lowest BCUT2D eigenvalue weighted by molar-refractivity contribution is -0.138. The van der Waals surface area contributed by atoms with E-state index in [0.717, 1.165) is 0 Å². The summed E-state index contributed by atoms with van der Waals surface area (Å²) < 4.78 is 19.2. The van der Waals surface area contributed by atoms with E-state index in [1.165, 1.54) is 0 Å². The Morgan fingerprint density at radius 3 is 1.53 bits per heavy atom. The van der Waals surface area contributed by atoms with E-state index < -0.39 is 21.7 Å². The largest absolute Gasteiger partial charge is 0.481 e. The first-order chi connectivity index (χ1) is 7.83. The first-order valence-electron chi connectivity index (χ1n) is 5.51. The third-order valence-electron chi connectivity index (χ3n) is 2.23. The molecule has 0 saturated heterocycles. The highest BCUT2D eigenvalue weighted by molar-refractivity contribution is 7.92. The van der Waals surface area contributed by atoms with Crippen molar-refractivity contribution < 1.29 is 24.0 Å². The van der Waals surface area contributed by atoms with Crippen LogP contribution < -0.4 is 0 Å². The minimum absolute atomic E-state index is 0.0362. The third kappa shape index (κ3) is 11.2. The van der Waals surface area contributed by atoms with Crippen LogP contribution in [0.2, 0.25) is 0 Å². The highest BCUT2D eigenvalue weighted by Gasteiger charge is 2.07. The lowest BCUT2D eigenvalue weighted by atomic mass is 10.2. The molecule has 0 aromatic heterocycles. The van der Waals surface area contributed by atoms with E-state index in [9.17, 15) is 13.8 Å². The molecule has 0 amide bonds. The maximum atomic E-state index is 11.6. The second-order valence-corrected chi connectivity index (χ2v) is 6.36. The van der Waals surface area contributed by atoms with Crippen molar-refractivity contribution in [1.29, 1.82) is 4.78 Å². The molecule has 100 valence electrons. The zero-order chi connectivity index (χ0) is 13.3. The quantitative estimate of drug-likeness (QED) is 0.518. The van der Waals surface area contributed by atoms with Gasteiger partial charge in [-0.05, 0) is 25.7 Å². The molecule has 0 saturated carbocycles. The summed E-state index contributed by atoms with van der Waals surface area (Å²) in [5.74, 6) is -1.37. The molecule has 0 rings (SSSR count). The van der Waals surface area contributed by atoms with Crippen molar-refractivity contribution in [3.63, 3.8) is 0 Å². The fourth-order valence-electron chi connectivity index (χ4n) is 1.32. The second-order valence-electron chi connectivity index (χ2n) is 3.92. The van der Waals surface area contributed by atoms with Crippen LogP contribution in [0.1, 0.15) is 38.5 Å². The number of nitrogens with one attached hydrogen (secondary N) is 1. The molecule has 7 heteroatoms. The van der Waals surface area contributed by atoms with Gasteiger partial charge in [0.2, 0.25) is 0 Å². The molecule has 0 unspecified atom stereocenters. The predicted molar refractivity (Wildman–Crippen MR) is 63.6 cm³/mol. The highest BCUT2D eigenvalue weighted by atomic mass is 32.2. The van der Waals surface area contributed by atoms with Gasteiger partial charge in [-0.25, -0.2) is 4.21 Å². The van der Waals surface area contributed by atoms with E-state index in [2.05, 4.69) is 0 Å². The number of carboxylic acid groups (broad SMARTS) is 2. The van der Waals surface area contributed by atoms with E-state index in [4.69, 9.17) is 15.0 Å². The average molecular weight is 265 g/mol. The fraction of sp³-hybridized carbons (Fsp3) is 0.800. The molecule has 0 aliphatic rings. The number of hydrogen-bond acceptors (Lipinski definition) is 4. The van der Waals surface area contributed by atoms with Gasteiger partial charge in [-0.3, -0.25) is 14.4 Å². The molecular weight excluding hydrogens is 246 g/mol. The fourth-order valence-corrected chi connectivity index (χ4v) is 2.87. The van der Waals surface area contributed by atoms with Crippen LogP contribution in [-0.4, -0.2) is 37.9 Å². The Balaban J connectivity index is 3.66. The minimum atomic E-state index is -2.66. The van der Waals surface area contributed by atoms with Crippen LogP contribution in [0.25, 0.3) is 0 Å². The maximum Gasteiger partial charge on any atom is 0.303 e. The zero-order valence-corrected chi connectivity index (χ0v) is 10.5. The van der Waals surface area contributed by atoms with Crippen LogP contribution in [0.15, 0.2) is 0 Å². The first kappa shape index (κ1) is 15.9. The van der Waals surface area contributed by atoms with Gasteiger partial charge in [-0.2, -0.15) is 0 Å². The summed E-state index contributed by atoms with van der Waals surface area (Å²) in [5.41, 5.74) is 0. The van der Waals surface area contributed by atoms with Crippen molar-refractivity contribution in [3.8, 4) is 0 Å². The molecular formula is C10H19NO5S. The molecule has 0 bridgehead atoms. The second kappa shape index (κ2) is 8.05. The van der Waals surface area contributed by atoms with Gasteiger partial charge in [-0.15, -0.1) is 0 Å². The Morgan fingerprint density at radius 1 is 0.882 bits per heavy atom. The summed E-state index contributed by atoms with van der Waals surface area (Å²) in [6.45, 7) is 0. The van der Waals surface area contributed by atoms with Gasteiger partial charge < -0.3 is 10.2 Å². The van der Waals surface area contributed by atoms with Crippen LogP contribution in [0.5, 0.6) is 0 Å². The highest BCUT2D eigenvalue weighted by Crippen LogP contribution is 2.05. The maximum absolute atomic E-state index is 11.6. The molecule has 6 nitrogen and oxygen atoms in total. The zero-order valence-electron chi connectivity index (χ0n) is 9.68. The summed E-state index contributed by atoms with van der Waals surface area (Å²) in [5, 5.41) is 16.8. The van der Waals surface area contributed by atoms with Gasteiger partial charge in [0.05, 0.1) is 0 Å². The van der Waals surface area contributed by atoms with E-state index in [0.29, 0.717) is 25.7 Å². The van der Waals surface area contributed by atoms with Gasteiger partial charge in [0.15, 0.2) is 0 Å². The predicted octanol–water partition coefficient (Wildman–Crippen LogP) is 1.54. The molecule has 0 aromatic carbocycles. The molecule has 17 heavy (non-hydrogen) atoms. The summed E-state index contributed by atoms with van der Waals surface area (Å²) >= 11 is 0. The number of carboxylic acids is 2. The summed E-state index contributed by atoms with van der Waals surface area (Å²) in [7, 11) is -2.66. The monoisotopic (exact) mass is 265 g/mol. The minimum Gasteiger partial charge on any atom is -0.481 e. The Labute approximate surface area is 101 Å².